The molecule has 4 atom stereocenters. The van der Waals surface area contributed by atoms with Gasteiger partial charge in [0.05, 0.1) is 31.8 Å². The molecule has 2 aliphatic rings. The van der Waals surface area contributed by atoms with Crippen LogP contribution in [0, 0.1) is 11.8 Å². The van der Waals surface area contributed by atoms with Crippen molar-refractivity contribution in [3.05, 3.63) is 41.1 Å². The Kier molecular flexibility index (Phi) is 8.03. The summed E-state index contributed by atoms with van der Waals surface area (Å²) in [5.41, 5.74) is 1.57. The summed E-state index contributed by atoms with van der Waals surface area (Å²) >= 11 is 0. The van der Waals surface area contributed by atoms with E-state index in [1.165, 1.54) is 4.90 Å². The van der Waals surface area contributed by atoms with Crippen molar-refractivity contribution in [2.75, 3.05) is 13.7 Å². The van der Waals surface area contributed by atoms with Crippen molar-refractivity contribution < 1.29 is 28.6 Å². The first-order valence-corrected chi connectivity index (χ1v) is 14.4. The molecular weight excluding hydrogens is 438 g/mol. The van der Waals surface area contributed by atoms with E-state index in [1.807, 2.05) is 26.0 Å². The van der Waals surface area contributed by atoms with E-state index in [1.54, 1.807) is 19.2 Å². The number of esters is 1. The van der Waals surface area contributed by atoms with Crippen LogP contribution in [0.5, 0.6) is 5.75 Å². The molecule has 1 N–H and O–H groups in total. The van der Waals surface area contributed by atoms with Gasteiger partial charge in [-0.1, -0.05) is 39.8 Å². The number of fused-ring (bicyclic) bond motifs is 1. The van der Waals surface area contributed by atoms with Crippen LogP contribution in [0.25, 0.3) is 0 Å². The number of benzene rings is 1. The van der Waals surface area contributed by atoms with Crippen LogP contribution in [0.2, 0.25) is 18.1 Å². The maximum absolute atomic E-state index is 13.2. The average Bonchev–Trinajstić information content (AvgIpc) is 3.09. The predicted octanol–water partition coefficient (Wildman–Crippen LogP) is 3.87. The van der Waals surface area contributed by atoms with Gasteiger partial charge >= 0.3 is 5.97 Å². The highest BCUT2D eigenvalue weighted by Crippen LogP contribution is 2.48. The molecule has 1 saturated heterocycles. The molecule has 0 spiro atoms. The standard InChI is InChI=1S/C25H37NO6Si/c1-7-33(8-2,9-3)32-17(5)21-22-16(4)20(14-27)23(26(22)24(21)28)25(29)31-15-18-10-12-19(30-6)13-11-18/h10-13,16-17,21-22,27H,7-9,14-15H2,1-6H3/t16-,17?,21+,22-/m0/s1. The monoisotopic (exact) mass is 475 g/mol. The van der Waals surface area contributed by atoms with Gasteiger partial charge < -0.3 is 23.9 Å². The molecule has 1 unspecified atom stereocenters. The van der Waals surface area contributed by atoms with E-state index in [9.17, 15) is 14.7 Å². The summed E-state index contributed by atoms with van der Waals surface area (Å²) in [7, 11) is -0.286. The van der Waals surface area contributed by atoms with Crippen LogP contribution in [0.1, 0.15) is 40.2 Å². The predicted molar refractivity (Wildman–Crippen MR) is 128 cm³/mol. The fourth-order valence-corrected chi connectivity index (χ4v) is 8.17. The van der Waals surface area contributed by atoms with Gasteiger partial charge in [-0.15, -0.1) is 0 Å². The van der Waals surface area contributed by atoms with E-state index in [-0.39, 0.29) is 48.8 Å². The van der Waals surface area contributed by atoms with Crippen LogP contribution in [0.15, 0.2) is 35.5 Å². The van der Waals surface area contributed by atoms with E-state index >= 15 is 0 Å². The lowest BCUT2D eigenvalue weighted by molar-refractivity contribution is -0.163. The Labute approximate surface area is 197 Å². The molecular formula is C25H37NO6Si. The fraction of sp³-hybridized carbons (Fsp3) is 0.600. The van der Waals surface area contributed by atoms with Gasteiger partial charge in [0.15, 0.2) is 8.32 Å². The van der Waals surface area contributed by atoms with Crippen LogP contribution >= 0.6 is 0 Å². The number of hydrogen-bond acceptors (Lipinski definition) is 6. The molecule has 0 aliphatic carbocycles. The molecule has 0 aromatic heterocycles. The van der Waals surface area contributed by atoms with Gasteiger partial charge in [-0.2, -0.15) is 0 Å². The smallest absolute Gasteiger partial charge is 0.355 e. The lowest BCUT2D eigenvalue weighted by Crippen LogP contribution is -2.65. The number of rotatable bonds is 11. The summed E-state index contributed by atoms with van der Waals surface area (Å²) in [6.07, 6.45) is -0.220. The SMILES string of the molecule is CC[Si](CC)(CC)OC(C)[C@H]1C(=O)N2C(C(=O)OCc3ccc(OC)cc3)=C(CO)[C@H](C)[C@@H]12. The summed E-state index contributed by atoms with van der Waals surface area (Å²) in [5, 5.41) is 10.0. The number of methoxy groups -OCH3 is 1. The van der Waals surface area contributed by atoms with Gasteiger partial charge in [-0.05, 0) is 48.3 Å². The van der Waals surface area contributed by atoms with Gasteiger partial charge in [0.1, 0.15) is 18.1 Å². The first-order valence-electron chi connectivity index (χ1n) is 11.9. The molecule has 2 heterocycles. The average molecular weight is 476 g/mol. The minimum Gasteiger partial charge on any atom is -0.497 e. The van der Waals surface area contributed by atoms with Gasteiger partial charge in [0.25, 0.3) is 0 Å². The van der Waals surface area contributed by atoms with E-state index in [0.717, 1.165) is 29.4 Å². The summed E-state index contributed by atoms with van der Waals surface area (Å²) in [4.78, 5) is 27.8. The van der Waals surface area contributed by atoms with Crippen molar-refractivity contribution in [3.63, 3.8) is 0 Å². The Bertz CT molecular complexity index is 886. The molecule has 0 radical (unpaired) electrons. The molecule has 1 aromatic carbocycles. The highest BCUT2D eigenvalue weighted by Gasteiger charge is 2.60. The third-order valence-electron chi connectivity index (χ3n) is 7.56. The lowest BCUT2D eigenvalue weighted by atomic mass is 9.78. The Hall–Kier alpha value is -2.16. The molecule has 0 bridgehead atoms. The second kappa shape index (κ2) is 10.4. The summed E-state index contributed by atoms with van der Waals surface area (Å²) in [6, 6.07) is 10.1. The van der Waals surface area contributed by atoms with Crippen molar-refractivity contribution in [2.24, 2.45) is 11.8 Å². The largest absolute Gasteiger partial charge is 0.497 e. The number of β-lactam (4-membered cyclic amide) rings is 1. The van der Waals surface area contributed by atoms with Gasteiger partial charge in [-0.3, -0.25) is 4.79 Å². The zero-order valence-corrected chi connectivity index (χ0v) is 21.6. The zero-order chi connectivity index (χ0) is 24.3. The quantitative estimate of drug-likeness (QED) is 0.297. The van der Waals surface area contributed by atoms with Crippen LogP contribution in [-0.4, -0.2) is 56.1 Å². The van der Waals surface area contributed by atoms with E-state index < -0.39 is 14.3 Å². The van der Waals surface area contributed by atoms with Crippen LogP contribution < -0.4 is 4.74 Å². The number of carbonyl (C=O) groups excluding carboxylic acids is 2. The van der Waals surface area contributed by atoms with Crippen molar-refractivity contribution >= 4 is 20.2 Å². The number of aliphatic hydroxyl groups excluding tert-OH is 1. The molecule has 33 heavy (non-hydrogen) atoms. The fourth-order valence-electron chi connectivity index (χ4n) is 5.24. The van der Waals surface area contributed by atoms with Crippen molar-refractivity contribution in [3.8, 4) is 5.75 Å². The molecule has 1 aromatic rings. The minimum atomic E-state index is -1.88. The van der Waals surface area contributed by atoms with E-state index in [2.05, 4.69) is 20.8 Å². The van der Waals surface area contributed by atoms with Crippen LogP contribution in [0.4, 0.5) is 0 Å². The first-order chi connectivity index (χ1) is 15.8. The third kappa shape index (κ3) is 4.61. The third-order valence-corrected chi connectivity index (χ3v) is 12.3. The maximum Gasteiger partial charge on any atom is 0.355 e. The summed E-state index contributed by atoms with van der Waals surface area (Å²) < 4.78 is 17.3. The Morgan fingerprint density at radius 1 is 1.15 bits per heavy atom. The normalized spacial score (nSPS) is 23.3. The highest BCUT2D eigenvalue weighted by atomic mass is 28.4. The molecule has 8 heteroatoms. The Morgan fingerprint density at radius 2 is 1.76 bits per heavy atom. The Balaban J connectivity index is 1.73. The molecule has 182 valence electrons. The molecule has 1 amide bonds. The second-order valence-corrected chi connectivity index (χ2v) is 13.8. The van der Waals surface area contributed by atoms with Crippen LogP contribution in [-0.2, 0) is 25.4 Å². The van der Waals surface area contributed by atoms with Gasteiger partial charge in [-0.25, -0.2) is 4.79 Å². The lowest BCUT2D eigenvalue weighted by Gasteiger charge is -2.49. The van der Waals surface area contributed by atoms with Crippen LogP contribution in [0.3, 0.4) is 0 Å². The number of amides is 1. The van der Waals surface area contributed by atoms with Gasteiger partial charge in [0, 0.05) is 5.92 Å². The number of nitrogens with zero attached hydrogens (tertiary/aromatic N) is 1. The van der Waals surface area contributed by atoms with Crippen molar-refractivity contribution in [2.45, 2.75) is 71.5 Å². The highest BCUT2D eigenvalue weighted by molar-refractivity contribution is 6.73. The van der Waals surface area contributed by atoms with E-state index in [4.69, 9.17) is 13.9 Å². The number of aliphatic hydroxyl groups is 1. The number of hydrogen-bond donors (Lipinski definition) is 1. The van der Waals surface area contributed by atoms with Crippen molar-refractivity contribution in [1.82, 2.24) is 4.90 Å². The topological polar surface area (TPSA) is 85.3 Å². The number of carbonyl (C=O) groups is 2. The second-order valence-electron chi connectivity index (χ2n) is 9.04. The maximum atomic E-state index is 13.2. The molecule has 1 fully saturated rings. The van der Waals surface area contributed by atoms with Gasteiger partial charge in [0.2, 0.25) is 5.91 Å². The van der Waals surface area contributed by atoms with Crippen molar-refractivity contribution in [1.29, 1.82) is 0 Å². The zero-order valence-electron chi connectivity index (χ0n) is 20.6. The number of ether oxygens (including phenoxy) is 2. The first kappa shape index (κ1) is 25.5. The molecule has 2 aliphatic heterocycles. The summed E-state index contributed by atoms with van der Waals surface area (Å²) in [5.74, 6) is -0.426. The summed E-state index contributed by atoms with van der Waals surface area (Å²) in [6.45, 7) is 10.2. The Morgan fingerprint density at radius 3 is 2.27 bits per heavy atom. The molecule has 0 saturated carbocycles. The van der Waals surface area contributed by atoms with E-state index in [0.29, 0.717) is 5.57 Å². The minimum absolute atomic E-state index is 0.0761. The molecule has 7 nitrogen and oxygen atoms in total. The molecule has 3 rings (SSSR count).